The number of piperazine rings is 1. The highest BCUT2D eigenvalue weighted by Gasteiger charge is 2.31. The van der Waals surface area contributed by atoms with Crippen molar-refractivity contribution in [2.45, 2.75) is 12.8 Å². The second kappa shape index (κ2) is 8.31. The molecular weight excluding hydrogens is 439 g/mol. The Hall–Kier alpha value is -2.52. The van der Waals surface area contributed by atoms with Crippen LogP contribution in [-0.2, 0) is 11.2 Å². The van der Waals surface area contributed by atoms with Crippen LogP contribution >= 0.6 is 22.9 Å². The van der Waals surface area contributed by atoms with Gasteiger partial charge in [0.25, 0.3) is 0 Å². The van der Waals surface area contributed by atoms with Crippen LogP contribution in [0.3, 0.4) is 0 Å². The number of carbonyl (C=O) groups is 1. The fraction of sp³-hybridized carbons (Fsp3) is 0.300. The third-order valence-corrected chi connectivity index (χ3v) is 6.23. The van der Waals surface area contributed by atoms with E-state index >= 15 is 0 Å². The molecule has 5 nitrogen and oxygen atoms in total. The van der Waals surface area contributed by atoms with Gasteiger partial charge in [-0.3, -0.25) is 4.79 Å². The zero-order valence-electron chi connectivity index (χ0n) is 15.7. The van der Waals surface area contributed by atoms with Crippen molar-refractivity contribution in [3.8, 4) is 5.75 Å². The van der Waals surface area contributed by atoms with Crippen molar-refractivity contribution < 1.29 is 22.7 Å². The lowest BCUT2D eigenvalue weighted by Crippen LogP contribution is -2.49. The summed E-state index contributed by atoms with van der Waals surface area (Å²) >= 11 is 7.44. The molecule has 0 saturated carbocycles. The number of carbonyl (C=O) groups excluding carboxylic acids is 1. The van der Waals surface area contributed by atoms with Gasteiger partial charge in [0, 0.05) is 37.3 Å². The lowest BCUT2D eigenvalue weighted by Gasteiger charge is -2.34. The third-order valence-electron chi connectivity index (χ3n) is 4.78. The number of benzene rings is 2. The van der Waals surface area contributed by atoms with Gasteiger partial charge in [0.05, 0.1) is 16.6 Å². The number of rotatable bonds is 4. The molecule has 0 spiro atoms. The zero-order chi connectivity index (χ0) is 21.3. The Morgan fingerprint density at radius 3 is 2.57 bits per heavy atom. The number of hydrogen-bond acceptors (Lipinski definition) is 5. The van der Waals surface area contributed by atoms with Gasteiger partial charge in [0.2, 0.25) is 5.91 Å². The van der Waals surface area contributed by atoms with E-state index in [1.807, 2.05) is 23.1 Å². The van der Waals surface area contributed by atoms with Crippen LogP contribution in [0, 0.1) is 0 Å². The van der Waals surface area contributed by atoms with Crippen molar-refractivity contribution in [3.05, 3.63) is 53.1 Å². The molecule has 3 aromatic rings. The Balaban J connectivity index is 1.39. The van der Waals surface area contributed by atoms with E-state index < -0.39 is 6.36 Å². The summed E-state index contributed by atoms with van der Waals surface area (Å²) in [6.07, 6.45) is -4.48. The van der Waals surface area contributed by atoms with Crippen molar-refractivity contribution in [2.24, 2.45) is 0 Å². The summed E-state index contributed by atoms with van der Waals surface area (Å²) in [7, 11) is 0. The van der Waals surface area contributed by atoms with E-state index in [-0.39, 0.29) is 18.1 Å². The summed E-state index contributed by atoms with van der Waals surface area (Å²) in [5.74, 6) is -0.249. The standard InChI is InChI=1S/C20H17ClF3N3O2S/c21-15-4-2-1-3-13(15)11-18(28)26-7-9-27(10-8-26)19-25-16-6-5-14(12-17(16)30-19)29-20(22,23)24/h1-6,12H,7-11H2. The molecule has 0 radical (unpaired) electrons. The van der Waals surface area contributed by atoms with Crippen LogP contribution < -0.4 is 9.64 Å². The number of alkyl halides is 3. The van der Waals surface area contributed by atoms with Gasteiger partial charge in [0.1, 0.15) is 5.75 Å². The number of hydrogen-bond donors (Lipinski definition) is 0. The first-order valence-corrected chi connectivity index (χ1v) is 10.4. The molecule has 0 aliphatic carbocycles. The average Bonchev–Trinajstić information content (AvgIpc) is 3.12. The maximum Gasteiger partial charge on any atom is 0.573 e. The van der Waals surface area contributed by atoms with E-state index in [2.05, 4.69) is 9.72 Å². The second-order valence-electron chi connectivity index (χ2n) is 6.81. The largest absolute Gasteiger partial charge is 0.573 e. The average molecular weight is 456 g/mol. The van der Waals surface area contributed by atoms with E-state index in [0.29, 0.717) is 46.5 Å². The number of halogens is 4. The van der Waals surface area contributed by atoms with Crippen LogP contribution in [0.15, 0.2) is 42.5 Å². The van der Waals surface area contributed by atoms with Crippen molar-refractivity contribution >= 4 is 44.2 Å². The monoisotopic (exact) mass is 455 g/mol. The van der Waals surface area contributed by atoms with Gasteiger partial charge in [0.15, 0.2) is 5.13 Å². The molecule has 30 heavy (non-hydrogen) atoms. The van der Waals surface area contributed by atoms with Gasteiger partial charge in [-0.15, -0.1) is 13.2 Å². The first-order valence-electron chi connectivity index (χ1n) is 9.21. The van der Waals surface area contributed by atoms with Crippen LogP contribution in [0.2, 0.25) is 5.02 Å². The van der Waals surface area contributed by atoms with Crippen molar-refractivity contribution in [3.63, 3.8) is 0 Å². The summed E-state index contributed by atoms with van der Waals surface area (Å²) in [5, 5.41) is 1.29. The number of thiazole rings is 1. The molecule has 0 atom stereocenters. The molecule has 1 saturated heterocycles. The lowest BCUT2D eigenvalue weighted by atomic mass is 10.1. The molecule has 0 N–H and O–H groups in total. The molecule has 158 valence electrons. The number of fused-ring (bicyclic) bond motifs is 1. The zero-order valence-corrected chi connectivity index (χ0v) is 17.2. The predicted molar refractivity (Wildman–Crippen MR) is 110 cm³/mol. The minimum atomic E-state index is -4.73. The molecule has 2 aromatic carbocycles. The summed E-state index contributed by atoms with van der Waals surface area (Å²) in [4.78, 5) is 20.9. The van der Waals surface area contributed by atoms with E-state index in [1.54, 1.807) is 11.0 Å². The maximum absolute atomic E-state index is 12.6. The topological polar surface area (TPSA) is 45.7 Å². The van der Waals surface area contributed by atoms with Crippen molar-refractivity contribution in [1.29, 1.82) is 0 Å². The lowest BCUT2D eigenvalue weighted by molar-refractivity contribution is -0.274. The quantitative estimate of drug-likeness (QED) is 0.570. The Labute approximate surface area is 179 Å². The summed E-state index contributed by atoms with van der Waals surface area (Å²) in [6.45, 7) is 2.28. The van der Waals surface area contributed by atoms with Crippen LogP contribution in [0.5, 0.6) is 5.75 Å². The molecule has 0 unspecified atom stereocenters. The number of nitrogens with zero attached hydrogens (tertiary/aromatic N) is 3. The summed E-state index contributed by atoms with van der Waals surface area (Å²) < 4.78 is 41.8. The van der Waals surface area contributed by atoms with Crippen LogP contribution in [0.25, 0.3) is 10.2 Å². The smallest absolute Gasteiger partial charge is 0.406 e. The third kappa shape index (κ3) is 4.79. The Morgan fingerprint density at radius 2 is 1.87 bits per heavy atom. The Morgan fingerprint density at radius 1 is 1.13 bits per heavy atom. The number of amides is 1. The maximum atomic E-state index is 12.6. The highest BCUT2D eigenvalue weighted by molar-refractivity contribution is 7.22. The van der Waals surface area contributed by atoms with Crippen LogP contribution in [-0.4, -0.2) is 48.3 Å². The fourth-order valence-electron chi connectivity index (χ4n) is 3.29. The molecule has 10 heteroatoms. The van der Waals surface area contributed by atoms with Gasteiger partial charge in [-0.2, -0.15) is 0 Å². The van der Waals surface area contributed by atoms with E-state index in [4.69, 9.17) is 11.6 Å². The summed E-state index contributed by atoms with van der Waals surface area (Å²) in [6, 6.07) is 11.4. The van der Waals surface area contributed by atoms with Gasteiger partial charge in [-0.1, -0.05) is 41.1 Å². The molecule has 1 aromatic heterocycles. The Kier molecular flexibility index (Phi) is 5.75. The van der Waals surface area contributed by atoms with E-state index in [0.717, 1.165) is 5.56 Å². The number of anilines is 1. The van der Waals surface area contributed by atoms with Gasteiger partial charge < -0.3 is 14.5 Å². The molecule has 0 bridgehead atoms. The highest BCUT2D eigenvalue weighted by Crippen LogP contribution is 2.33. The van der Waals surface area contributed by atoms with Gasteiger partial charge >= 0.3 is 6.36 Å². The van der Waals surface area contributed by atoms with Crippen LogP contribution in [0.1, 0.15) is 5.56 Å². The first-order chi connectivity index (χ1) is 14.3. The van der Waals surface area contributed by atoms with Crippen LogP contribution in [0.4, 0.5) is 18.3 Å². The van der Waals surface area contributed by atoms with E-state index in [9.17, 15) is 18.0 Å². The molecule has 4 rings (SSSR count). The SMILES string of the molecule is O=C(Cc1ccccc1Cl)N1CCN(c2nc3ccc(OC(F)(F)F)cc3s2)CC1. The fourth-order valence-corrected chi connectivity index (χ4v) is 4.54. The minimum Gasteiger partial charge on any atom is -0.406 e. The van der Waals surface area contributed by atoms with Gasteiger partial charge in [-0.25, -0.2) is 4.98 Å². The minimum absolute atomic E-state index is 0.0148. The molecule has 1 fully saturated rings. The first kappa shape index (κ1) is 20.7. The number of ether oxygens (including phenoxy) is 1. The van der Waals surface area contributed by atoms with E-state index in [1.165, 1.54) is 29.5 Å². The molecule has 1 aliphatic heterocycles. The van der Waals surface area contributed by atoms with Crippen molar-refractivity contribution in [1.82, 2.24) is 9.88 Å². The predicted octanol–water partition coefficient (Wildman–Crippen LogP) is 4.74. The number of aromatic nitrogens is 1. The van der Waals surface area contributed by atoms with Gasteiger partial charge in [-0.05, 0) is 23.8 Å². The normalized spacial score (nSPS) is 14.9. The van der Waals surface area contributed by atoms with Crippen molar-refractivity contribution in [2.75, 3.05) is 31.1 Å². The highest BCUT2D eigenvalue weighted by atomic mass is 35.5. The molecule has 2 heterocycles. The summed E-state index contributed by atoms with van der Waals surface area (Å²) in [5.41, 5.74) is 1.41. The second-order valence-corrected chi connectivity index (χ2v) is 8.23. The molecule has 1 aliphatic rings. The molecule has 1 amide bonds. The Bertz CT molecular complexity index is 1060. The molecular formula is C20H17ClF3N3O2S.